The van der Waals surface area contributed by atoms with Crippen LogP contribution in [-0.4, -0.2) is 30.3 Å². The SMILES string of the molecule is COc1ccc(C2=C(C(=O)OC(C)C)C(c3cc(C(C)(C)C)c(O)c(C(C)(C)C)c3)NC(=O)N2)cc1. The number of amides is 2. The summed E-state index contributed by atoms with van der Waals surface area (Å²) in [5.74, 6) is 0.353. The quantitative estimate of drug-likeness (QED) is 0.463. The molecule has 3 N–H and O–H groups in total. The molecule has 0 fully saturated rings. The maximum Gasteiger partial charge on any atom is 0.338 e. The van der Waals surface area contributed by atoms with E-state index < -0.39 is 18.0 Å². The van der Waals surface area contributed by atoms with E-state index in [1.165, 1.54) is 0 Å². The van der Waals surface area contributed by atoms with Gasteiger partial charge in [-0.15, -0.1) is 0 Å². The second-order valence-electron chi connectivity index (χ2n) is 11.5. The van der Waals surface area contributed by atoms with Gasteiger partial charge in [0.05, 0.1) is 30.5 Å². The summed E-state index contributed by atoms with van der Waals surface area (Å²) in [6.07, 6.45) is -0.351. The number of nitrogens with one attached hydrogen (secondary N) is 2. The summed E-state index contributed by atoms with van der Waals surface area (Å²) in [6.45, 7) is 15.7. The summed E-state index contributed by atoms with van der Waals surface area (Å²) in [4.78, 5) is 26.4. The van der Waals surface area contributed by atoms with Crippen LogP contribution in [0.25, 0.3) is 5.70 Å². The second kappa shape index (κ2) is 9.88. The van der Waals surface area contributed by atoms with Gasteiger partial charge in [-0.2, -0.15) is 0 Å². The first-order chi connectivity index (χ1) is 16.6. The number of phenolic OH excluding ortho intramolecular Hbond substituents is 1. The number of hydrogen-bond donors (Lipinski definition) is 3. The molecule has 7 nitrogen and oxygen atoms in total. The summed E-state index contributed by atoms with van der Waals surface area (Å²) in [5, 5.41) is 16.9. The first-order valence-electron chi connectivity index (χ1n) is 12.2. The lowest BCUT2D eigenvalue weighted by molar-refractivity contribution is -0.143. The Labute approximate surface area is 213 Å². The lowest BCUT2D eigenvalue weighted by atomic mass is 9.77. The van der Waals surface area contributed by atoms with E-state index in [1.54, 1.807) is 45.2 Å². The third-order valence-corrected chi connectivity index (χ3v) is 6.09. The lowest BCUT2D eigenvalue weighted by Gasteiger charge is -2.33. The van der Waals surface area contributed by atoms with Gasteiger partial charge >= 0.3 is 12.0 Å². The summed E-state index contributed by atoms with van der Waals surface area (Å²) in [5.41, 5.74) is 2.73. The predicted molar refractivity (Wildman–Crippen MR) is 141 cm³/mol. The van der Waals surface area contributed by atoms with Crippen LogP contribution in [0.5, 0.6) is 11.5 Å². The summed E-state index contributed by atoms with van der Waals surface area (Å²) < 4.78 is 10.9. The Kier molecular flexibility index (Phi) is 7.44. The van der Waals surface area contributed by atoms with Crippen molar-refractivity contribution < 1.29 is 24.2 Å². The average Bonchev–Trinajstić information content (AvgIpc) is 2.76. The van der Waals surface area contributed by atoms with Crippen molar-refractivity contribution in [2.24, 2.45) is 0 Å². The minimum Gasteiger partial charge on any atom is -0.507 e. The van der Waals surface area contributed by atoms with Crippen molar-refractivity contribution in [3.8, 4) is 11.5 Å². The molecule has 2 aromatic rings. The van der Waals surface area contributed by atoms with Gasteiger partial charge in [0.1, 0.15) is 11.5 Å². The first-order valence-corrected chi connectivity index (χ1v) is 12.2. The number of phenols is 1. The van der Waals surface area contributed by atoms with E-state index in [0.717, 1.165) is 11.1 Å². The number of hydrogen-bond acceptors (Lipinski definition) is 5. The highest BCUT2D eigenvalue weighted by Crippen LogP contribution is 2.43. The van der Waals surface area contributed by atoms with E-state index in [9.17, 15) is 14.7 Å². The van der Waals surface area contributed by atoms with Gasteiger partial charge in [0.2, 0.25) is 0 Å². The van der Waals surface area contributed by atoms with Crippen LogP contribution >= 0.6 is 0 Å². The zero-order chi connectivity index (χ0) is 27.0. The molecule has 0 aliphatic carbocycles. The number of aromatic hydroxyl groups is 1. The van der Waals surface area contributed by atoms with Crippen molar-refractivity contribution in [2.45, 2.75) is 78.4 Å². The molecule has 0 spiro atoms. The number of methoxy groups -OCH3 is 1. The zero-order valence-electron chi connectivity index (χ0n) is 22.7. The van der Waals surface area contributed by atoms with Crippen LogP contribution in [0.3, 0.4) is 0 Å². The van der Waals surface area contributed by atoms with Gasteiger partial charge in [-0.25, -0.2) is 9.59 Å². The van der Waals surface area contributed by atoms with Gasteiger partial charge in [-0.05, 0) is 83.3 Å². The molecule has 0 aromatic heterocycles. The normalized spacial score (nSPS) is 16.5. The molecule has 0 bridgehead atoms. The fraction of sp³-hybridized carbons (Fsp3) is 0.448. The molecule has 1 aliphatic heterocycles. The number of carbonyl (C=O) groups is 2. The van der Waals surface area contributed by atoms with Gasteiger partial charge in [-0.3, -0.25) is 0 Å². The average molecular weight is 495 g/mol. The number of urea groups is 1. The molecular formula is C29H38N2O5. The van der Waals surface area contributed by atoms with Crippen molar-refractivity contribution in [2.75, 3.05) is 7.11 Å². The predicted octanol–water partition coefficient (Wildman–Crippen LogP) is 5.71. The number of benzene rings is 2. The summed E-state index contributed by atoms with van der Waals surface area (Å²) in [6, 6.07) is 9.64. The number of carbonyl (C=O) groups excluding carboxylic acids is 2. The minimum atomic E-state index is -0.787. The van der Waals surface area contributed by atoms with Crippen molar-refractivity contribution in [1.29, 1.82) is 0 Å². The topological polar surface area (TPSA) is 96.9 Å². The smallest absolute Gasteiger partial charge is 0.338 e. The van der Waals surface area contributed by atoms with Gasteiger partial charge in [0.15, 0.2) is 0 Å². The van der Waals surface area contributed by atoms with E-state index in [0.29, 0.717) is 28.1 Å². The van der Waals surface area contributed by atoms with Crippen LogP contribution in [0, 0.1) is 0 Å². The standard InChI is InChI=1S/C29H38N2O5/c1-16(2)36-26(33)22-23(17-10-12-19(35-9)13-11-17)30-27(34)31-24(22)18-14-20(28(3,4)5)25(32)21(15-18)29(6,7)8/h10-16,24,32H,1-9H3,(H2,30,31,34). The molecule has 1 heterocycles. The van der Waals surface area contributed by atoms with E-state index in [4.69, 9.17) is 9.47 Å². The van der Waals surface area contributed by atoms with Crippen molar-refractivity contribution in [3.63, 3.8) is 0 Å². The maximum absolute atomic E-state index is 13.5. The van der Waals surface area contributed by atoms with Gasteiger partial charge in [0, 0.05) is 0 Å². The molecule has 3 rings (SSSR count). The fourth-order valence-electron chi connectivity index (χ4n) is 4.26. The van der Waals surface area contributed by atoms with Crippen LogP contribution < -0.4 is 15.4 Å². The Morgan fingerprint density at radius 1 is 0.972 bits per heavy atom. The molecular weight excluding hydrogens is 456 g/mol. The first kappa shape index (κ1) is 27.1. The fourth-order valence-corrected chi connectivity index (χ4v) is 4.26. The number of esters is 1. The highest BCUT2D eigenvalue weighted by atomic mass is 16.5. The molecule has 2 aromatic carbocycles. The highest BCUT2D eigenvalue weighted by Gasteiger charge is 2.37. The molecule has 194 valence electrons. The van der Waals surface area contributed by atoms with Crippen LogP contribution in [0.4, 0.5) is 4.79 Å². The van der Waals surface area contributed by atoms with Crippen molar-refractivity contribution in [1.82, 2.24) is 10.6 Å². The highest BCUT2D eigenvalue weighted by molar-refractivity contribution is 6.04. The van der Waals surface area contributed by atoms with Gasteiger partial charge in [0.25, 0.3) is 0 Å². The summed E-state index contributed by atoms with van der Waals surface area (Å²) >= 11 is 0. The zero-order valence-corrected chi connectivity index (χ0v) is 22.7. The molecule has 1 unspecified atom stereocenters. The maximum atomic E-state index is 13.5. The van der Waals surface area contributed by atoms with Gasteiger partial charge < -0.3 is 25.2 Å². The van der Waals surface area contributed by atoms with Crippen LogP contribution in [0.1, 0.15) is 83.7 Å². The molecule has 2 amide bonds. The number of rotatable bonds is 5. The largest absolute Gasteiger partial charge is 0.507 e. The molecule has 1 aliphatic rings. The monoisotopic (exact) mass is 494 g/mol. The van der Waals surface area contributed by atoms with Crippen LogP contribution in [0.15, 0.2) is 42.0 Å². The van der Waals surface area contributed by atoms with E-state index in [-0.39, 0.29) is 22.7 Å². The Balaban J connectivity index is 2.33. The molecule has 0 saturated carbocycles. The lowest BCUT2D eigenvalue weighted by Crippen LogP contribution is -2.45. The van der Waals surface area contributed by atoms with Gasteiger partial charge in [-0.1, -0.05) is 41.5 Å². The summed E-state index contributed by atoms with van der Waals surface area (Å²) in [7, 11) is 1.58. The Bertz CT molecular complexity index is 1150. The van der Waals surface area contributed by atoms with E-state index in [1.807, 2.05) is 53.7 Å². The number of ether oxygens (including phenoxy) is 2. The third-order valence-electron chi connectivity index (χ3n) is 6.09. The van der Waals surface area contributed by atoms with E-state index in [2.05, 4.69) is 10.6 Å². The van der Waals surface area contributed by atoms with Crippen molar-refractivity contribution >= 4 is 17.7 Å². The van der Waals surface area contributed by atoms with Crippen LogP contribution in [0.2, 0.25) is 0 Å². The molecule has 36 heavy (non-hydrogen) atoms. The van der Waals surface area contributed by atoms with E-state index >= 15 is 0 Å². The molecule has 7 heteroatoms. The Hall–Kier alpha value is -3.48. The van der Waals surface area contributed by atoms with Crippen molar-refractivity contribution in [3.05, 3.63) is 64.2 Å². The Morgan fingerprint density at radius 3 is 1.94 bits per heavy atom. The van der Waals surface area contributed by atoms with Crippen LogP contribution in [-0.2, 0) is 20.4 Å². The molecule has 1 atom stereocenters. The minimum absolute atomic E-state index is 0.227. The molecule has 0 saturated heterocycles. The third kappa shape index (κ3) is 5.66. The Morgan fingerprint density at radius 2 is 1.50 bits per heavy atom. The molecule has 0 radical (unpaired) electrons. The second-order valence-corrected chi connectivity index (χ2v) is 11.5.